The highest BCUT2D eigenvalue weighted by atomic mass is 16.5. The van der Waals surface area contributed by atoms with E-state index < -0.39 is 12.1 Å². The summed E-state index contributed by atoms with van der Waals surface area (Å²) in [6.07, 6.45) is 71.7. The summed E-state index contributed by atoms with van der Waals surface area (Å²) in [5.74, 6) is -0.0852. The summed E-state index contributed by atoms with van der Waals surface area (Å²) in [6, 6.07) is -0.635. The van der Waals surface area contributed by atoms with E-state index in [1.807, 2.05) is 6.08 Å². The van der Waals surface area contributed by atoms with Crippen LogP contribution >= 0.6 is 0 Å². The maximum Gasteiger partial charge on any atom is 0.305 e. The molecule has 0 aliphatic heterocycles. The normalized spacial score (nSPS) is 12.8. The summed E-state index contributed by atoms with van der Waals surface area (Å²) in [5, 5.41) is 23.2. The molecule has 2 atom stereocenters. The van der Waals surface area contributed by atoms with Crippen LogP contribution in [0.15, 0.2) is 36.5 Å². The fourth-order valence-electron chi connectivity index (χ4n) is 9.24. The van der Waals surface area contributed by atoms with Crippen molar-refractivity contribution >= 4 is 11.9 Å². The number of hydrogen-bond donors (Lipinski definition) is 3. The summed E-state index contributed by atoms with van der Waals surface area (Å²) in [6.45, 7) is 4.86. The van der Waals surface area contributed by atoms with Crippen molar-refractivity contribution in [1.29, 1.82) is 0 Å². The molecule has 0 saturated heterocycles. The zero-order chi connectivity index (χ0) is 49.3. The number of nitrogens with one attached hydrogen (secondary N) is 1. The number of rotatable bonds is 56. The van der Waals surface area contributed by atoms with E-state index in [9.17, 15) is 19.8 Å². The van der Waals surface area contributed by atoms with Crippen LogP contribution in [0.4, 0.5) is 0 Å². The highest BCUT2D eigenvalue weighted by Crippen LogP contribution is 2.17. The largest absolute Gasteiger partial charge is 0.466 e. The Kier molecular flexibility index (Phi) is 56.0. The van der Waals surface area contributed by atoms with Gasteiger partial charge in [-0.2, -0.15) is 0 Å². The van der Waals surface area contributed by atoms with Gasteiger partial charge < -0.3 is 20.3 Å². The summed E-state index contributed by atoms with van der Waals surface area (Å²) < 4.78 is 5.47. The Bertz CT molecular complexity index is 1100. The van der Waals surface area contributed by atoms with Crippen LogP contribution in [-0.4, -0.2) is 47.4 Å². The molecule has 0 fully saturated rings. The molecule has 1 amide bonds. The first-order valence-corrected chi connectivity index (χ1v) is 30.3. The molecule has 400 valence electrons. The summed E-state index contributed by atoms with van der Waals surface area (Å²) in [4.78, 5) is 24.5. The Hall–Kier alpha value is -1.92. The Morgan fingerprint density at radius 1 is 0.412 bits per heavy atom. The molecule has 0 radical (unpaired) electrons. The molecule has 68 heavy (non-hydrogen) atoms. The van der Waals surface area contributed by atoms with Crippen LogP contribution in [-0.2, 0) is 14.3 Å². The average Bonchev–Trinajstić information content (AvgIpc) is 3.34. The number of hydrogen-bond acceptors (Lipinski definition) is 5. The average molecular weight is 957 g/mol. The lowest BCUT2D eigenvalue weighted by Crippen LogP contribution is -2.45. The Morgan fingerprint density at radius 3 is 1.16 bits per heavy atom. The molecule has 0 aliphatic rings. The highest BCUT2D eigenvalue weighted by molar-refractivity contribution is 5.76. The topological polar surface area (TPSA) is 95.9 Å². The highest BCUT2D eigenvalue weighted by Gasteiger charge is 2.18. The van der Waals surface area contributed by atoms with Crippen molar-refractivity contribution in [2.75, 3.05) is 13.2 Å². The molecule has 0 aromatic heterocycles. The second kappa shape index (κ2) is 57.7. The molecule has 0 spiro atoms. The molecular weight excluding hydrogens is 839 g/mol. The molecule has 0 aromatic carbocycles. The van der Waals surface area contributed by atoms with Crippen molar-refractivity contribution in [3.63, 3.8) is 0 Å². The number of esters is 1. The maximum absolute atomic E-state index is 12.5. The number of aliphatic hydroxyl groups excluding tert-OH is 2. The zero-order valence-corrected chi connectivity index (χ0v) is 45.6. The van der Waals surface area contributed by atoms with Gasteiger partial charge in [0.1, 0.15) is 0 Å². The molecule has 0 aliphatic carbocycles. The van der Waals surface area contributed by atoms with Crippen molar-refractivity contribution in [2.24, 2.45) is 0 Å². The second-order valence-corrected chi connectivity index (χ2v) is 20.7. The number of amides is 1. The molecule has 3 N–H and O–H groups in total. The minimum Gasteiger partial charge on any atom is -0.466 e. The van der Waals surface area contributed by atoms with E-state index in [0.717, 1.165) is 57.8 Å². The zero-order valence-electron chi connectivity index (χ0n) is 45.6. The van der Waals surface area contributed by atoms with E-state index >= 15 is 0 Å². The van der Waals surface area contributed by atoms with Crippen molar-refractivity contribution < 1.29 is 24.5 Å². The SMILES string of the molecule is CCCC/C=C\C/C=C\CCCCCCCC(=O)OCCCCCCCCCCCCCCCCCCC(=O)NC(CO)C(O)/C=C/CCCCCCCCCCCCCCCCCCCCC. The monoisotopic (exact) mass is 956 g/mol. The summed E-state index contributed by atoms with van der Waals surface area (Å²) in [7, 11) is 0. The number of carbonyl (C=O) groups is 2. The van der Waals surface area contributed by atoms with Gasteiger partial charge >= 0.3 is 5.97 Å². The predicted octanol–water partition coefficient (Wildman–Crippen LogP) is 18.8. The Morgan fingerprint density at radius 2 is 0.750 bits per heavy atom. The van der Waals surface area contributed by atoms with Crippen molar-refractivity contribution in [2.45, 2.75) is 334 Å². The van der Waals surface area contributed by atoms with Crippen LogP contribution in [0.3, 0.4) is 0 Å². The number of unbranched alkanes of at least 4 members (excludes halogenated alkanes) is 41. The van der Waals surface area contributed by atoms with Crippen molar-refractivity contribution in [3.8, 4) is 0 Å². The molecule has 2 unspecified atom stereocenters. The van der Waals surface area contributed by atoms with Gasteiger partial charge in [-0.3, -0.25) is 9.59 Å². The van der Waals surface area contributed by atoms with Gasteiger partial charge in [-0.1, -0.05) is 288 Å². The molecule has 6 heteroatoms. The molecular formula is C62H117NO5. The van der Waals surface area contributed by atoms with Crippen LogP contribution in [0.2, 0.25) is 0 Å². The summed E-state index contributed by atoms with van der Waals surface area (Å²) >= 11 is 0. The quantitative estimate of drug-likeness (QED) is 0.0321. The van der Waals surface area contributed by atoms with E-state index in [2.05, 4.69) is 43.5 Å². The minimum atomic E-state index is -0.851. The van der Waals surface area contributed by atoms with Crippen LogP contribution in [0, 0.1) is 0 Å². The first-order chi connectivity index (χ1) is 33.5. The lowest BCUT2D eigenvalue weighted by Gasteiger charge is -2.20. The predicted molar refractivity (Wildman–Crippen MR) is 296 cm³/mol. The standard InChI is InChI=1S/C62H117NO5/c1-3-5-7-9-11-13-15-17-19-20-21-22-23-24-27-30-34-38-42-46-50-54-60(65)59(58-64)63-61(66)55-51-47-43-39-35-31-28-25-26-29-33-37-41-45-49-53-57-68-62(67)56-52-48-44-40-36-32-18-16-14-12-10-8-6-4-2/h10,12,16,18,50,54,59-60,64-65H,3-9,11,13-15,17,19-49,51-53,55-58H2,1-2H3,(H,63,66)/b12-10-,18-16-,54-50+. The molecule has 0 bridgehead atoms. The van der Waals surface area contributed by atoms with E-state index in [4.69, 9.17) is 4.74 Å². The lowest BCUT2D eigenvalue weighted by molar-refractivity contribution is -0.143. The van der Waals surface area contributed by atoms with E-state index in [1.165, 1.54) is 238 Å². The number of ether oxygens (including phenoxy) is 1. The molecule has 0 aromatic rings. The van der Waals surface area contributed by atoms with Gasteiger partial charge in [0.05, 0.1) is 25.4 Å². The van der Waals surface area contributed by atoms with Gasteiger partial charge in [0.25, 0.3) is 0 Å². The Balaban J connectivity index is 3.47. The smallest absolute Gasteiger partial charge is 0.305 e. The van der Waals surface area contributed by atoms with Crippen LogP contribution in [0.1, 0.15) is 322 Å². The molecule has 0 rings (SSSR count). The molecule has 0 heterocycles. The third kappa shape index (κ3) is 53.4. The first kappa shape index (κ1) is 66.1. The first-order valence-electron chi connectivity index (χ1n) is 30.3. The third-order valence-electron chi connectivity index (χ3n) is 13.9. The van der Waals surface area contributed by atoms with Gasteiger partial charge in [0.15, 0.2) is 0 Å². The number of aliphatic hydroxyl groups is 2. The number of allylic oxidation sites excluding steroid dienone is 5. The fourth-order valence-corrected chi connectivity index (χ4v) is 9.24. The van der Waals surface area contributed by atoms with Gasteiger partial charge in [0, 0.05) is 12.8 Å². The van der Waals surface area contributed by atoms with Crippen LogP contribution < -0.4 is 5.32 Å². The number of carbonyl (C=O) groups excluding carboxylic acids is 2. The Labute approximate surface area is 424 Å². The van der Waals surface area contributed by atoms with E-state index in [1.54, 1.807) is 6.08 Å². The van der Waals surface area contributed by atoms with Gasteiger partial charge in [-0.25, -0.2) is 0 Å². The van der Waals surface area contributed by atoms with Crippen LogP contribution in [0.25, 0.3) is 0 Å². The van der Waals surface area contributed by atoms with Gasteiger partial charge in [0.2, 0.25) is 5.91 Å². The fraction of sp³-hybridized carbons (Fsp3) is 0.871. The second-order valence-electron chi connectivity index (χ2n) is 20.7. The van der Waals surface area contributed by atoms with Crippen LogP contribution in [0.5, 0.6) is 0 Å². The van der Waals surface area contributed by atoms with Gasteiger partial charge in [-0.15, -0.1) is 0 Å². The lowest BCUT2D eigenvalue weighted by atomic mass is 10.0. The van der Waals surface area contributed by atoms with Crippen molar-refractivity contribution in [3.05, 3.63) is 36.5 Å². The van der Waals surface area contributed by atoms with Gasteiger partial charge in [-0.05, 0) is 57.8 Å². The third-order valence-corrected chi connectivity index (χ3v) is 13.9. The molecule has 6 nitrogen and oxygen atoms in total. The van der Waals surface area contributed by atoms with Crippen molar-refractivity contribution in [1.82, 2.24) is 5.32 Å². The maximum atomic E-state index is 12.5. The van der Waals surface area contributed by atoms with E-state index in [-0.39, 0.29) is 18.5 Å². The van der Waals surface area contributed by atoms with E-state index in [0.29, 0.717) is 19.4 Å². The minimum absolute atomic E-state index is 0.0123. The molecule has 0 saturated carbocycles. The summed E-state index contributed by atoms with van der Waals surface area (Å²) in [5.41, 5.74) is 0.